The quantitative estimate of drug-likeness (QED) is 0.657. The molecule has 0 radical (unpaired) electrons. The Hall–Kier alpha value is -1.51. The molecule has 0 bridgehead atoms. The Kier molecular flexibility index (Phi) is 1.93. The third-order valence-corrected chi connectivity index (χ3v) is 2.36. The fraction of sp³-hybridized carbons (Fsp3) is 0.300. The molecule has 0 spiro atoms. The fourth-order valence-corrected chi connectivity index (χ4v) is 1.60. The number of nitrogens with zero attached hydrogens (tertiary/aromatic N) is 1. The molecule has 1 aliphatic rings. The zero-order valence-corrected chi connectivity index (χ0v) is 7.53. The van der Waals surface area contributed by atoms with Gasteiger partial charge in [-0.3, -0.25) is 4.79 Å². The number of carbonyl (C=O) groups is 1. The lowest BCUT2D eigenvalue weighted by molar-refractivity contribution is -0.107. The second-order valence-corrected chi connectivity index (χ2v) is 3.26. The van der Waals surface area contributed by atoms with Crippen molar-refractivity contribution in [3.63, 3.8) is 0 Å². The van der Waals surface area contributed by atoms with Gasteiger partial charge in [0.2, 0.25) is 6.41 Å². The van der Waals surface area contributed by atoms with E-state index in [2.05, 4.69) is 5.32 Å². The molecule has 0 saturated heterocycles. The van der Waals surface area contributed by atoms with Gasteiger partial charge in [0.25, 0.3) is 0 Å². The average Bonchev–Trinajstić information content (AvgIpc) is 2.18. The van der Waals surface area contributed by atoms with Crippen LogP contribution in [0.2, 0.25) is 0 Å². The number of carbonyl (C=O) groups excluding carboxylic acids is 1. The molecule has 1 aliphatic heterocycles. The highest BCUT2D eigenvalue weighted by atomic mass is 16.1. The molecule has 1 atom stereocenters. The molecule has 3 heteroatoms. The van der Waals surface area contributed by atoms with Crippen molar-refractivity contribution in [2.75, 3.05) is 16.8 Å². The van der Waals surface area contributed by atoms with E-state index in [0.717, 1.165) is 24.3 Å². The van der Waals surface area contributed by atoms with Crippen LogP contribution in [0.3, 0.4) is 0 Å². The normalized spacial score (nSPS) is 20.4. The molecule has 1 heterocycles. The number of hydrogen-bond acceptors (Lipinski definition) is 2. The Balaban J connectivity index is 2.45. The van der Waals surface area contributed by atoms with Crippen LogP contribution in [0.25, 0.3) is 0 Å². The van der Waals surface area contributed by atoms with E-state index in [1.54, 1.807) is 4.90 Å². The van der Waals surface area contributed by atoms with Crippen LogP contribution in [-0.4, -0.2) is 19.0 Å². The summed E-state index contributed by atoms with van der Waals surface area (Å²) in [6.07, 6.45) is 0.893. The summed E-state index contributed by atoms with van der Waals surface area (Å²) in [5, 5.41) is 3.28. The molecule has 1 amide bonds. The second kappa shape index (κ2) is 3.09. The maximum atomic E-state index is 10.8. The number of para-hydroxylation sites is 2. The highest BCUT2D eigenvalue weighted by Gasteiger charge is 2.21. The number of benzene rings is 1. The number of fused-ring (bicyclic) bond motifs is 1. The van der Waals surface area contributed by atoms with E-state index < -0.39 is 0 Å². The lowest BCUT2D eigenvalue weighted by atomic mass is 10.1. The van der Waals surface area contributed by atoms with E-state index in [1.165, 1.54) is 0 Å². The summed E-state index contributed by atoms with van der Waals surface area (Å²) in [6.45, 7) is 2.84. The smallest absolute Gasteiger partial charge is 0.214 e. The van der Waals surface area contributed by atoms with Crippen LogP contribution in [0.5, 0.6) is 0 Å². The lowest BCUT2D eigenvalue weighted by Crippen LogP contribution is -2.41. The van der Waals surface area contributed by atoms with Gasteiger partial charge in [-0.15, -0.1) is 0 Å². The van der Waals surface area contributed by atoms with Crippen molar-refractivity contribution >= 4 is 17.8 Å². The van der Waals surface area contributed by atoms with Gasteiger partial charge in [-0.25, -0.2) is 0 Å². The predicted octanol–water partition coefficient (Wildman–Crippen LogP) is 1.46. The number of hydrogen-bond donors (Lipinski definition) is 1. The van der Waals surface area contributed by atoms with Crippen molar-refractivity contribution in [2.45, 2.75) is 13.0 Å². The molecule has 0 aliphatic carbocycles. The summed E-state index contributed by atoms with van der Waals surface area (Å²) >= 11 is 0. The average molecular weight is 176 g/mol. The molecule has 1 aromatic carbocycles. The van der Waals surface area contributed by atoms with Crippen molar-refractivity contribution in [3.8, 4) is 0 Å². The Morgan fingerprint density at radius 1 is 1.54 bits per heavy atom. The van der Waals surface area contributed by atoms with Crippen LogP contribution >= 0.6 is 0 Å². The summed E-state index contributed by atoms with van der Waals surface area (Å²) in [6, 6.07) is 8.07. The highest BCUT2D eigenvalue weighted by molar-refractivity contribution is 5.85. The van der Waals surface area contributed by atoms with Crippen LogP contribution in [0.1, 0.15) is 6.92 Å². The summed E-state index contributed by atoms with van der Waals surface area (Å²) < 4.78 is 0. The van der Waals surface area contributed by atoms with E-state index in [4.69, 9.17) is 0 Å². The molecule has 68 valence electrons. The number of anilines is 2. The molecule has 0 saturated carbocycles. The molecule has 3 nitrogen and oxygen atoms in total. The largest absolute Gasteiger partial charge is 0.381 e. The van der Waals surface area contributed by atoms with Crippen molar-refractivity contribution in [1.29, 1.82) is 0 Å². The number of amides is 1. The zero-order chi connectivity index (χ0) is 9.26. The molecule has 13 heavy (non-hydrogen) atoms. The van der Waals surface area contributed by atoms with Crippen LogP contribution < -0.4 is 10.2 Å². The van der Waals surface area contributed by atoms with E-state index in [-0.39, 0.29) is 6.04 Å². The fourth-order valence-electron chi connectivity index (χ4n) is 1.60. The maximum Gasteiger partial charge on any atom is 0.214 e. The van der Waals surface area contributed by atoms with Gasteiger partial charge in [-0.05, 0) is 19.1 Å². The Labute approximate surface area is 77.4 Å². The SMILES string of the molecule is CC1CNc2ccccc2N1C=O. The molecule has 0 fully saturated rings. The molecule has 1 aromatic rings. The van der Waals surface area contributed by atoms with Gasteiger partial charge in [0.05, 0.1) is 17.4 Å². The van der Waals surface area contributed by atoms with Crippen LogP contribution in [-0.2, 0) is 4.79 Å². The van der Waals surface area contributed by atoms with Crippen LogP contribution in [0.15, 0.2) is 24.3 Å². The molecular formula is C10H12N2O. The van der Waals surface area contributed by atoms with Gasteiger partial charge < -0.3 is 10.2 Å². The molecule has 1 N–H and O–H groups in total. The first-order valence-electron chi connectivity index (χ1n) is 4.39. The second-order valence-electron chi connectivity index (χ2n) is 3.26. The van der Waals surface area contributed by atoms with E-state index in [1.807, 2.05) is 31.2 Å². The Bertz CT molecular complexity index is 324. The van der Waals surface area contributed by atoms with Crippen molar-refractivity contribution < 1.29 is 4.79 Å². The molecular weight excluding hydrogens is 164 g/mol. The number of rotatable bonds is 1. The zero-order valence-electron chi connectivity index (χ0n) is 7.53. The third-order valence-electron chi connectivity index (χ3n) is 2.36. The predicted molar refractivity (Wildman–Crippen MR) is 52.9 cm³/mol. The van der Waals surface area contributed by atoms with Crippen molar-refractivity contribution in [3.05, 3.63) is 24.3 Å². The molecule has 2 rings (SSSR count). The standard InChI is InChI=1S/C10H12N2O/c1-8-6-11-9-4-2-3-5-10(9)12(8)7-13/h2-5,7-8,11H,6H2,1H3. The van der Waals surface area contributed by atoms with Crippen molar-refractivity contribution in [1.82, 2.24) is 0 Å². The number of nitrogens with one attached hydrogen (secondary N) is 1. The summed E-state index contributed by atoms with van der Waals surface area (Å²) in [5.74, 6) is 0. The topological polar surface area (TPSA) is 32.3 Å². The first-order valence-corrected chi connectivity index (χ1v) is 4.39. The minimum absolute atomic E-state index is 0.229. The first kappa shape index (κ1) is 8.10. The van der Waals surface area contributed by atoms with Gasteiger partial charge in [0.15, 0.2) is 0 Å². The van der Waals surface area contributed by atoms with Gasteiger partial charge in [0, 0.05) is 6.54 Å². The first-order chi connectivity index (χ1) is 6.33. The minimum atomic E-state index is 0.229. The minimum Gasteiger partial charge on any atom is -0.381 e. The van der Waals surface area contributed by atoms with Crippen LogP contribution in [0.4, 0.5) is 11.4 Å². The Morgan fingerprint density at radius 3 is 3.08 bits per heavy atom. The monoisotopic (exact) mass is 176 g/mol. The van der Waals surface area contributed by atoms with E-state index in [9.17, 15) is 4.79 Å². The summed E-state index contributed by atoms with van der Waals surface area (Å²) in [5.41, 5.74) is 2.00. The molecule has 0 aromatic heterocycles. The third kappa shape index (κ3) is 1.26. The lowest BCUT2D eigenvalue weighted by Gasteiger charge is -2.32. The van der Waals surface area contributed by atoms with Gasteiger partial charge in [-0.1, -0.05) is 12.1 Å². The Morgan fingerprint density at radius 2 is 2.31 bits per heavy atom. The summed E-state index contributed by atoms with van der Waals surface area (Å²) in [4.78, 5) is 12.6. The van der Waals surface area contributed by atoms with Gasteiger partial charge in [0.1, 0.15) is 0 Å². The summed E-state index contributed by atoms with van der Waals surface area (Å²) in [7, 11) is 0. The van der Waals surface area contributed by atoms with Gasteiger partial charge in [-0.2, -0.15) is 0 Å². The van der Waals surface area contributed by atoms with Crippen LogP contribution in [0, 0.1) is 0 Å². The maximum absolute atomic E-state index is 10.8. The van der Waals surface area contributed by atoms with Crippen molar-refractivity contribution in [2.24, 2.45) is 0 Å². The van der Waals surface area contributed by atoms with E-state index >= 15 is 0 Å². The molecule has 1 unspecified atom stereocenters. The highest BCUT2D eigenvalue weighted by Crippen LogP contribution is 2.29. The van der Waals surface area contributed by atoms with E-state index in [0.29, 0.717) is 0 Å². The van der Waals surface area contributed by atoms with Gasteiger partial charge >= 0.3 is 0 Å².